The summed E-state index contributed by atoms with van der Waals surface area (Å²) in [5.74, 6) is 0. The average molecular weight is 286 g/mol. The summed E-state index contributed by atoms with van der Waals surface area (Å²) in [6.07, 6.45) is 0. The molecule has 0 aliphatic heterocycles. The molecule has 22 heavy (non-hydrogen) atoms. The van der Waals surface area contributed by atoms with Crippen molar-refractivity contribution < 1.29 is 0 Å². The summed E-state index contributed by atoms with van der Waals surface area (Å²) in [6, 6.07) is 24.6. The highest BCUT2D eigenvalue weighted by atomic mass is 15.1. The van der Waals surface area contributed by atoms with Crippen LogP contribution in [0.2, 0.25) is 0 Å². The van der Waals surface area contributed by atoms with Crippen LogP contribution >= 0.6 is 0 Å². The van der Waals surface area contributed by atoms with Crippen molar-refractivity contribution in [1.82, 2.24) is 0 Å². The fourth-order valence-corrected chi connectivity index (χ4v) is 2.31. The fraction of sp³-hybridized carbons (Fsp3) is 0.100. The van der Waals surface area contributed by atoms with Gasteiger partial charge in [0.25, 0.3) is 0 Å². The van der Waals surface area contributed by atoms with Crippen LogP contribution in [0.25, 0.3) is 11.1 Å². The normalized spacial score (nSPS) is 11.0. The zero-order chi connectivity index (χ0) is 15.4. The smallest absolute Gasteiger partial charge is 0.0935 e. The van der Waals surface area contributed by atoms with E-state index in [1.807, 2.05) is 48.5 Å². The summed E-state index contributed by atoms with van der Waals surface area (Å²) in [4.78, 5) is 0. The summed E-state index contributed by atoms with van der Waals surface area (Å²) < 4.78 is 0. The van der Waals surface area contributed by atoms with Gasteiger partial charge in [0.2, 0.25) is 0 Å². The first-order chi connectivity index (χ1) is 10.7. The van der Waals surface area contributed by atoms with E-state index in [2.05, 4.69) is 48.3 Å². The Hall–Kier alpha value is -2.74. The third-order valence-corrected chi connectivity index (χ3v) is 3.54. The Morgan fingerprint density at radius 3 is 2.05 bits per heavy atom. The standard InChI is InChI=1S/C20H18N2/c1-15-8-11-18(12-9-15)21-22-20-13-10-16(2)14-19(20)17-6-4-3-5-7-17/h3-14H,1-2H3. The molecule has 0 spiro atoms. The molecule has 2 nitrogen and oxygen atoms in total. The molecular formula is C20H18N2. The Balaban J connectivity index is 1.99. The maximum Gasteiger partial charge on any atom is 0.0935 e. The highest BCUT2D eigenvalue weighted by Gasteiger charge is 2.04. The molecule has 2 heteroatoms. The van der Waals surface area contributed by atoms with Gasteiger partial charge in [0, 0.05) is 5.56 Å². The number of azo groups is 1. The van der Waals surface area contributed by atoms with Gasteiger partial charge in [-0.15, -0.1) is 5.11 Å². The van der Waals surface area contributed by atoms with Crippen LogP contribution in [0.15, 0.2) is 83.0 Å². The van der Waals surface area contributed by atoms with Gasteiger partial charge in [-0.05, 0) is 43.7 Å². The lowest BCUT2D eigenvalue weighted by Gasteiger charge is -2.06. The molecule has 0 fully saturated rings. The average Bonchev–Trinajstić information content (AvgIpc) is 2.56. The summed E-state index contributed by atoms with van der Waals surface area (Å²) in [5, 5.41) is 8.81. The van der Waals surface area contributed by atoms with Crippen LogP contribution in [0.1, 0.15) is 11.1 Å². The molecule has 0 bridgehead atoms. The van der Waals surface area contributed by atoms with E-state index in [0.29, 0.717) is 0 Å². The third-order valence-electron chi connectivity index (χ3n) is 3.54. The van der Waals surface area contributed by atoms with E-state index in [9.17, 15) is 0 Å². The van der Waals surface area contributed by atoms with Gasteiger partial charge in [-0.3, -0.25) is 0 Å². The molecule has 3 aromatic rings. The number of rotatable bonds is 3. The minimum Gasteiger partial charge on any atom is -0.151 e. The molecule has 0 amide bonds. The van der Waals surface area contributed by atoms with Crippen LogP contribution in [-0.4, -0.2) is 0 Å². The van der Waals surface area contributed by atoms with Gasteiger partial charge in [-0.25, -0.2) is 0 Å². The lowest BCUT2D eigenvalue weighted by atomic mass is 10.0. The van der Waals surface area contributed by atoms with E-state index >= 15 is 0 Å². The first-order valence-corrected chi connectivity index (χ1v) is 7.37. The first kappa shape index (κ1) is 14.2. The van der Waals surface area contributed by atoms with Crippen molar-refractivity contribution in [3.05, 3.63) is 83.9 Å². The Kier molecular flexibility index (Phi) is 4.10. The maximum atomic E-state index is 4.45. The van der Waals surface area contributed by atoms with E-state index in [-0.39, 0.29) is 0 Å². The molecule has 0 atom stereocenters. The Morgan fingerprint density at radius 1 is 0.636 bits per heavy atom. The molecule has 0 heterocycles. The zero-order valence-electron chi connectivity index (χ0n) is 12.8. The minimum atomic E-state index is 0.866. The lowest BCUT2D eigenvalue weighted by molar-refractivity contribution is 1.22. The molecule has 3 rings (SSSR count). The van der Waals surface area contributed by atoms with Crippen molar-refractivity contribution in [1.29, 1.82) is 0 Å². The van der Waals surface area contributed by atoms with E-state index in [0.717, 1.165) is 22.5 Å². The molecule has 0 radical (unpaired) electrons. The Morgan fingerprint density at radius 2 is 1.32 bits per heavy atom. The predicted octanol–water partition coefficient (Wildman–Crippen LogP) is 6.39. The van der Waals surface area contributed by atoms with Crippen LogP contribution < -0.4 is 0 Å². The lowest BCUT2D eigenvalue weighted by Crippen LogP contribution is -1.80. The van der Waals surface area contributed by atoms with Crippen LogP contribution in [0.5, 0.6) is 0 Å². The second kappa shape index (κ2) is 6.35. The van der Waals surface area contributed by atoms with Gasteiger partial charge in [-0.1, -0.05) is 59.7 Å². The van der Waals surface area contributed by atoms with E-state index < -0.39 is 0 Å². The second-order valence-corrected chi connectivity index (χ2v) is 5.42. The van der Waals surface area contributed by atoms with Gasteiger partial charge >= 0.3 is 0 Å². The summed E-state index contributed by atoms with van der Waals surface area (Å²) in [6.45, 7) is 4.15. The van der Waals surface area contributed by atoms with E-state index in [1.54, 1.807) is 0 Å². The molecule has 108 valence electrons. The van der Waals surface area contributed by atoms with E-state index in [4.69, 9.17) is 0 Å². The van der Waals surface area contributed by atoms with Gasteiger partial charge in [-0.2, -0.15) is 5.11 Å². The highest BCUT2D eigenvalue weighted by molar-refractivity contribution is 5.76. The molecular weight excluding hydrogens is 268 g/mol. The van der Waals surface area contributed by atoms with Gasteiger partial charge < -0.3 is 0 Å². The molecule has 0 saturated carbocycles. The maximum absolute atomic E-state index is 4.45. The first-order valence-electron chi connectivity index (χ1n) is 7.37. The van der Waals surface area contributed by atoms with Crippen molar-refractivity contribution in [3.8, 4) is 11.1 Å². The van der Waals surface area contributed by atoms with Crippen LogP contribution in [0.3, 0.4) is 0 Å². The van der Waals surface area contributed by atoms with Crippen molar-refractivity contribution in [3.63, 3.8) is 0 Å². The molecule has 0 saturated heterocycles. The van der Waals surface area contributed by atoms with Gasteiger partial charge in [0.05, 0.1) is 11.4 Å². The van der Waals surface area contributed by atoms with Crippen molar-refractivity contribution in [2.75, 3.05) is 0 Å². The van der Waals surface area contributed by atoms with Crippen LogP contribution in [0, 0.1) is 13.8 Å². The van der Waals surface area contributed by atoms with Crippen LogP contribution in [-0.2, 0) is 0 Å². The number of benzene rings is 3. The number of hydrogen-bond acceptors (Lipinski definition) is 2. The third kappa shape index (κ3) is 3.29. The molecule has 0 N–H and O–H groups in total. The monoisotopic (exact) mass is 286 g/mol. The van der Waals surface area contributed by atoms with Crippen molar-refractivity contribution in [2.45, 2.75) is 13.8 Å². The van der Waals surface area contributed by atoms with Crippen molar-refractivity contribution >= 4 is 11.4 Å². The summed E-state index contributed by atoms with van der Waals surface area (Å²) in [5.41, 5.74) is 6.45. The summed E-state index contributed by atoms with van der Waals surface area (Å²) >= 11 is 0. The highest BCUT2D eigenvalue weighted by Crippen LogP contribution is 2.32. The molecule has 3 aromatic carbocycles. The largest absolute Gasteiger partial charge is 0.151 e. The van der Waals surface area contributed by atoms with Crippen molar-refractivity contribution in [2.24, 2.45) is 10.2 Å². The molecule has 0 unspecified atom stereocenters. The quantitative estimate of drug-likeness (QED) is 0.499. The van der Waals surface area contributed by atoms with Gasteiger partial charge in [0.1, 0.15) is 0 Å². The Bertz CT molecular complexity index is 788. The predicted molar refractivity (Wildman–Crippen MR) is 92.0 cm³/mol. The number of aryl methyl sites for hydroxylation is 2. The van der Waals surface area contributed by atoms with Gasteiger partial charge in [0.15, 0.2) is 0 Å². The minimum absolute atomic E-state index is 0.866. The number of hydrogen-bond donors (Lipinski definition) is 0. The molecule has 0 aromatic heterocycles. The van der Waals surface area contributed by atoms with Crippen LogP contribution in [0.4, 0.5) is 11.4 Å². The molecule has 0 aliphatic rings. The SMILES string of the molecule is Cc1ccc(N=Nc2ccc(C)cc2-c2ccccc2)cc1. The molecule has 0 aliphatic carbocycles. The zero-order valence-corrected chi connectivity index (χ0v) is 12.8. The van der Waals surface area contributed by atoms with E-state index in [1.165, 1.54) is 11.1 Å². The Labute approximate surface area is 131 Å². The second-order valence-electron chi connectivity index (χ2n) is 5.42. The number of nitrogens with zero attached hydrogens (tertiary/aromatic N) is 2. The fourth-order valence-electron chi connectivity index (χ4n) is 2.31. The topological polar surface area (TPSA) is 24.7 Å². The summed E-state index contributed by atoms with van der Waals surface area (Å²) in [7, 11) is 0.